The predicted octanol–water partition coefficient (Wildman–Crippen LogP) is 10.4. The highest BCUT2D eigenvalue weighted by Crippen LogP contribution is 2.79. The van der Waals surface area contributed by atoms with Crippen LogP contribution in [0.1, 0.15) is 116 Å². The lowest BCUT2D eigenvalue weighted by molar-refractivity contribution is -0.250. The van der Waals surface area contributed by atoms with E-state index in [0.29, 0.717) is 109 Å². The van der Waals surface area contributed by atoms with Gasteiger partial charge in [0, 0.05) is 112 Å². The van der Waals surface area contributed by atoms with Crippen LogP contribution in [-0.2, 0) is 29.4 Å². The van der Waals surface area contributed by atoms with Crippen LogP contribution in [0.25, 0.3) is 0 Å². The zero-order valence-electron chi connectivity index (χ0n) is 47.0. The van der Waals surface area contributed by atoms with E-state index in [4.69, 9.17) is 4.74 Å². The van der Waals surface area contributed by atoms with E-state index in [9.17, 15) is 53.2 Å². The molecular weight excluding hydrogens is 1110 g/mol. The third kappa shape index (κ3) is 15.4. The highest BCUT2D eigenvalue weighted by Gasteiger charge is 2.73. The molecule has 3 amide bonds. The first kappa shape index (κ1) is 62.1. The number of nitrogens with zero attached hydrogens (tertiary/aromatic N) is 4. The van der Waals surface area contributed by atoms with Crippen molar-refractivity contribution in [3.63, 3.8) is 0 Å². The Kier molecular flexibility index (Phi) is 19.2. The van der Waals surface area contributed by atoms with Crippen molar-refractivity contribution in [2.24, 2.45) is 16.2 Å². The second kappa shape index (κ2) is 25.1. The minimum absolute atomic E-state index is 0.0207. The van der Waals surface area contributed by atoms with Gasteiger partial charge >= 0.3 is 11.6 Å². The zero-order chi connectivity index (χ0) is 58.6. The summed E-state index contributed by atoms with van der Waals surface area (Å²) in [5, 5.41) is 5.72. The molecular formula is C58H78F5N7O8S3. The molecule has 23 heteroatoms. The van der Waals surface area contributed by atoms with E-state index >= 15 is 0 Å². The van der Waals surface area contributed by atoms with Gasteiger partial charge in [0.15, 0.2) is 0 Å². The Hall–Kier alpha value is -4.97. The Labute approximate surface area is 478 Å². The van der Waals surface area contributed by atoms with E-state index in [1.807, 2.05) is 35.1 Å². The third-order valence-electron chi connectivity index (χ3n) is 16.5. The molecule has 1 atom stereocenters. The van der Waals surface area contributed by atoms with Gasteiger partial charge < -0.3 is 25.2 Å². The molecule has 5 fully saturated rings. The van der Waals surface area contributed by atoms with Crippen molar-refractivity contribution in [1.82, 2.24) is 24.7 Å². The number of anilines is 2. The number of alkyl carbamates (subject to hydrolysis) is 1. The van der Waals surface area contributed by atoms with E-state index < -0.39 is 76.3 Å². The molecule has 4 aliphatic carbocycles. The van der Waals surface area contributed by atoms with Gasteiger partial charge in [-0.15, -0.1) is 11.8 Å². The minimum atomic E-state index is -6.14. The molecule has 2 bridgehead atoms. The molecule has 15 nitrogen and oxygen atoms in total. The number of sulfonamides is 1. The molecule has 81 heavy (non-hydrogen) atoms. The normalized spacial score (nSPS) is 22.2. The summed E-state index contributed by atoms with van der Waals surface area (Å²) < 4.78 is 132. The number of thioether (sulfide) groups is 1. The van der Waals surface area contributed by atoms with Crippen molar-refractivity contribution in [3.05, 3.63) is 89.5 Å². The van der Waals surface area contributed by atoms with Gasteiger partial charge in [0.1, 0.15) is 10.5 Å². The van der Waals surface area contributed by atoms with Crippen LogP contribution < -0.4 is 20.3 Å². The monoisotopic (exact) mass is 1190 g/mol. The van der Waals surface area contributed by atoms with Gasteiger partial charge in [-0.3, -0.25) is 19.4 Å². The SMILES string of the molecule is CC1(C)CCC(CN2CCN(c3ccc(C(=O)NS(=O)(=O)c4ccc(NC(CCN5CCN(C(=O)CCCCCNC(=O)OC(C)(C)C)CC5)CSc5ccccc5)c(S(=O)(=O)C(F)(F)F)c4)cc3)CC2)=C(C23CC(C(F)F)(C2)C3)C1. The van der Waals surface area contributed by atoms with Crippen LogP contribution in [0.2, 0.25) is 0 Å². The summed E-state index contributed by atoms with van der Waals surface area (Å²) in [6.07, 6.45) is 4.78. The number of rotatable bonds is 23. The maximum Gasteiger partial charge on any atom is 0.501 e. The third-order valence-corrected chi connectivity index (χ3v) is 20.6. The smallest absolute Gasteiger partial charge is 0.444 e. The Morgan fingerprint density at radius 2 is 1.46 bits per heavy atom. The molecule has 3 aromatic rings. The van der Waals surface area contributed by atoms with Gasteiger partial charge in [0.25, 0.3) is 25.8 Å². The van der Waals surface area contributed by atoms with Crippen LogP contribution in [0, 0.1) is 16.2 Å². The maximum atomic E-state index is 14.4. The number of carbonyl (C=O) groups is 3. The molecule has 0 spiro atoms. The molecule has 0 radical (unpaired) electrons. The van der Waals surface area contributed by atoms with Crippen LogP contribution in [0.3, 0.4) is 0 Å². The number of hydrogen-bond donors (Lipinski definition) is 3. The summed E-state index contributed by atoms with van der Waals surface area (Å²) in [6.45, 7) is 16.5. The van der Waals surface area contributed by atoms with Crippen molar-refractivity contribution in [1.29, 1.82) is 0 Å². The second-order valence-corrected chi connectivity index (χ2v) is 29.1. The summed E-state index contributed by atoms with van der Waals surface area (Å²) in [5.41, 5.74) is -4.00. The number of piperazine rings is 2. The number of hydrogen-bond acceptors (Lipinski definition) is 13. The Morgan fingerprint density at radius 1 is 0.802 bits per heavy atom. The van der Waals surface area contributed by atoms with Crippen molar-refractivity contribution in [2.45, 2.75) is 144 Å². The predicted molar refractivity (Wildman–Crippen MR) is 304 cm³/mol. The van der Waals surface area contributed by atoms with Crippen LogP contribution in [0.4, 0.5) is 38.1 Å². The first-order valence-corrected chi connectivity index (χ1v) is 32.0. The number of halogens is 5. The highest BCUT2D eigenvalue weighted by atomic mass is 32.2. The average Bonchev–Trinajstić information content (AvgIpc) is 1.81. The molecule has 2 heterocycles. The number of nitrogens with one attached hydrogen (secondary N) is 3. The van der Waals surface area contributed by atoms with Crippen LogP contribution in [0.15, 0.2) is 98.6 Å². The lowest BCUT2D eigenvalue weighted by Crippen LogP contribution is -2.66. The van der Waals surface area contributed by atoms with Crippen molar-refractivity contribution in [3.8, 4) is 0 Å². The van der Waals surface area contributed by atoms with Crippen LogP contribution >= 0.6 is 11.8 Å². The number of sulfone groups is 1. The van der Waals surface area contributed by atoms with E-state index in [0.717, 1.165) is 68.0 Å². The van der Waals surface area contributed by atoms with E-state index in [1.54, 1.807) is 37.8 Å². The fourth-order valence-electron chi connectivity index (χ4n) is 12.1. The van der Waals surface area contributed by atoms with Gasteiger partial charge in [0.05, 0.1) is 10.6 Å². The van der Waals surface area contributed by atoms with E-state index in [1.165, 1.54) is 35.0 Å². The van der Waals surface area contributed by atoms with E-state index in [-0.39, 0.29) is 22.3 Å². The summed E-state index contributed by atoms with van der Waals surface area (Å²) >= 11 is 1.41. The first-order chi connectivity index (χ1) is 38.1. The number of amides is 3. The Balaban J connectivity index is 0.863. The van der Waals surface area contributed by atoms with Gasteiger partial charge in [-0.25, -0.2) is 35.1 Å². The topological polar surface area (TPSA) is 178 Å². The van der Waals surface area contributed by atoms with E-state index in [2.05, 4.69) is 39.2 Å². The van der Waals surface area contributed by atoms with Gasteiger partial charge in [-0.1, -0.05) is 49.6 Å². The summed E-state index contributed by atoms with van der Waals surface area (Å²) in [4.78, 5) is 45.6. The largest absolute Gasteiger partial charge is 0.501 e. The highest BCUT2D eigenvalue weighted by molar-refractivity contribution is 7.99. The zero-order valence-corrected chi connectivity index (χ0v) is 49.5. The molecule has 3 N–H and O–H groups in total. The average molecular weight is 1190 g/mol. The van der Waals surface area contributed by atoms with Crippen LogP contribution in [-0.4, -0.2) is 151 Å². The Morgan fingerprint density at radius 3 is 2.09 bits per heavy atom. The summed E-state index contributed by atoms with van der Waals surface area (Å²) in [5.74, 6) is -0.756. The van der Waals surface area contributed by atoms with Gasteiger partial charge in [-0.2, -0.15) is 13.2 Å². The maximum absolute atomic E-state index is 14.4. The number of ether oxygens (including phenoxy) is 1. The standard InChI is InChI=1S/C58H78F5N7O8S3/c1-54(2,3)78-53(73)64-24-11-7-10-14-50(71)70-32-26-67(27-33-70)25-22-43(37-79-45-12-8-6-9-13-45)65-48-20-19-46(34-49(48)80(74,75)58(61,62)63)81(76,77)66-51(72)41-15-17-44(18-16-41)69-30-28-68(29-31-69)36-42-21-23-55(4,5)35-47(42)56-38-57(39-56,40-56)52(59)60/h6,8-9,12-13,15-20,34,43,52,65H,7,10-11,14,21-33,35-40H2,1-5H3,(H,64,73)(H,66,72). The van der Waals surface area contributed by atoms with Gasteiger partial charge in [0.2, 0.25) is 12.3 Å². The first-order valence-electron chi connectivity index (χ1n) is 28.1. The Bertz CT molecular complexity index is 2960. The second-order valence-electron chi connectivity index (χ2n) is 24.5. The number of carbonyl (C=O) groups excluding carboxylic acids is 3. The quantitative estimate of drug-likeness (QED) is 0.0354. The fourth-order valence-corrected chi connectivity index (χ4v) is 15.1. The molecule has 3 aromatic carbocycles. The number of unbranched alkanes of at least 4 members (excludes halogenated alkanes) is 2. The summed E-state index contributed by atoms with van der Waals surface area (Å²) in [7, 11) is -11.1. The molecule has 2 saturated heterocycles. The molecule has 1 unspecified atom stereocenters. The number of allylic oxidation sites excluding steroid dienone is 1. The number of benzene rings is 3. The van der Waals surface area contributed by atoms with Crippen molar-refractivity contribution < 1.29 is 57.9 Å². The van der Waals surface area contributed by atoms with Crippen LogP contribution in [0.5, 0.6) is 0 Å². The fraction of sp³-hybridized carbons (Fsp3) is 0.603. The van der Waals surface area contributed by atoms with Crippen molar-refractivity contribution >= 4 is 60.9 Å². The molecule has 3 saturated carbocycles. The lowest BCUT2D eigenvalue weighted by atomic mass is 9.32. The summed E-state index contributed by atoms with van der Waals surface area (Å²) in [6, 6.07) is 17.2. The molecule has 9 rings (SSSR count). The molecule has 2 aliphatic heterocycles. The molecule has 446 valence electrons. The molecule has 6 aliphatic rings. The lowest BCUT2D eigenvalue weighted by Gasteiger charge is -2.72. The van der Waals surface area contributed by atoms with Gasteiger partial charge in [-0.05, 0) is 144 Å². The van der Waals surface area contributed by atoms with Crippen molar-refractivity contribution in [2.75, 3.05) is 88.0 Å². The molecule has 0 aromatic heterocycles. The minimum Gasteiger partial charge on any atom is -0.444 e. The number of alkyl halides is 5.